The van der Waals surface area contributed by atoms with Gasteiger partial charge in [0.2, 0.25) is 0 Å². The average molecular weight is 438 g/mol. The Kier molecular flexibility index (Phi) is 6.29. The van der Waals surface area contributed by atoms with E-state index in [-0.39, 0.29) is 23.7 Å². The number of ether oxygens (including phenoxy) is 1. The van der Waals surface area contributed by atoms with Crippen LogP contribution in [0.3, 0.4) is 0 Å². The van der Waals surface area contributed by atoms with Crippen molar-refractivity contribution < 1.29 is 19.3 Å². The Morgan fingerprint density at radius 3 is 2.50 bits per heavy atom. The molecule has 1 unspecified atom stereocenters. The Morgan fingerprint density at radius 2 is 1.84 bits per heavy atom. The van der Waals surface area contributed by atoms with Gasteiger partial charge in [0.25, 0.3) is 5.56 Å². The standard InChI is InChI=1S/C26H28FNO4/c1-15(2)25-20-6-4-5-7-21(20)26(31)28(17-8-10-22(27)16(3)12-17)23(25)11-9-19-13-18(29)14-24(30)32-19/h4-12,15,18-19,24,29-30H,13-14H2,1-3H3/t18-,19-,24?/m1/s1. The van der Waals surface area contributed by atoms with Crippen LogP contribution in [0.15, 0.2) is 53.3 Å². The van der Waals surface area contributed by atoms with Gasteiger partial charge in [-0.15, -0.1) is 0 Å². The lowest BCUT2D eigenvalue weighted by atomic mass is 9.93. The molecule has 2 aromatic carbocycles. The molecule has 0 radical (unpaired) electrons. The molecule has 3 atom stereocenters. The summed E-state index contributed by atoms with van der Waals surface area (Å²) in [5.41, 5.74) is 2.49. The zero-order chi connectivity index (χ0) is 23.0. The summed E-state index contributed by atoms with van der Waals surface area (Å²) in [5, 5.41) is 21.3. The molecule has 1 aromatic heterocycles. The fourth-order valence-electron chi connectivity index (χ4n) is 4.42. The van der Waals surface area contributed by atoms with Crippen molar-refractivity contribution in [3.63, 3.8) is 0 Å². The minimum absolute atomic E-state index is 0.0939. The van der Waals surface area contributed by atoms with Gasteiger partial charge in [-0.2, -0.15) is 0 Å². The molecule has 4 rings (SSSR count). The number of nitrogens with zero attached hydrogens (tertiary/aromatic N) is 1. The van der Waals surface area contributed by atoms with Crippen molar-refractivity contribution in [3.8, 4) is 5.69 Å². The predicted molar refractivity (Wildman–Crippen MR) is 123 cm³/mol. The lowest BCUT2D eigenvalue weighted by Gasteiger charge is -2.28. The summed E-state index contributed by atoms with van der Waals surface area (Å²) in [4.78, 5) is 13.6. The molecule has 6 heteroatoms. The summed E-state index contributed by atoms with van der Waals surface area (Å²) in [7, 11) is 0. The minimum atomic E-state index is -1.03. The summed E-state index contributed by atoms with van der Waals surface area (Å²) in [6.45, 7) is 5.80. The number of rotatable bonds is 4. The molecular formula is C26H28FNO4. The van der Waals surface area contributed by atoms with E-state index in [1.165, 1.54) is 6.07 Å². The van der Waals surface area contributed by atoms with Gasteiger partial charge >= 0.3 is 0 Å². The summed E-state index contributed by atoms with van der Waals surface area (Å²) in [5.74, 6) is -0.237. The molecule has 168 valence electrons. The second-order valence-corrected chi connectivity index (χ2v) is 8.69. The van der Waals surface area contributed by atoms with Crippen LogP contribution in [0.25, 0.3) is 22.5 Å². The van der Waals surface area contributed by atoms with E-state index in [4.69, 9.17) is 4.74 Å². The number of halogens is 1. The number of pyridine rings is 1. The Balaban J connectivity index is 1.98. The van der Waals surface area contributed by atoms with Crippen LogP contribution in [0, 0.1) is 12.7 Å². The van der Waals surface area contributed by atoms with E-state index in [0.717, 1.165) is 10.9 Å². The molecule has 0 amide bonds. The third kappa shape index (κ3) is 4.26. The highest BCUT2D eigenvalue weighted by Gasteiger charge is 2.26. The molecule has 1 aliphatic rings. The smallest absolute Gasteiger partial charge is 0.263 e. The fourth-order valence-corrected chi connectivity index (χ4v) is 4.42. The maximum Gasteiger partial charge on any atom is 0.263 e. The molecule has 5 nitrogen and oxygen atoms in total. The van der Waals surface area contributed by atoms with Crippen LogP contribution in [0.4, 0.5) is 4.39 Å². The summed E-state index contributed by atoms with van der Waals surface area (Å²) in [6.07, 6.45) is 1.95. The van der Waals surface area contributed by atoms with E-state index in [1.807, 2.05) is 24.3 Å². The minimum Gasteiger partial charge on any atom is -0.393 e. The summed E-state index contributed by atoms with van der Waals surface area (Å²) in [6, 6.07) is 12.1. The van der Waals surface area contributed by atoms with Gasteiger partial charge in [0.15, 0.2) is 6.29 Å². The monoisotopic (exact) mass is 437 g/mol. The van der Waals surface area contributed by atoms with Gasteiger partial charge in [0.1, 0.15) is 5.82 Å². The molecule has 0 bridgehead atoms. The van der Waals surface area contributed by atoms with Crippen molar-refractivity contribution in [1.29, 1.82) is 0 Å². The quantitative estimate of drug-likeness (QED) is 0.633. The van der Waals surface area contributed by atoms with Crippen LogP contribution in [-0.4, -0.2) is 33.3 Å². The first-order valence-electron chi connectivity index (χ1n) is 10.9. The Hall–Kier alpha value is -2.80. The van der Waals surface area contributed by atoms with Gasteiger partial charge in [-0.1, -0.05) is 38.1 Å². The number of aliphatic hydroxyl groups excluding tert-OH is 2. The normalized spacial score (nSPS) is 21.7. The van der Waals surface area contributed by atoms with Gasteiger partial charge in [-0.3, -0.25) is 9.36 Å². The number of fused-ring (bicyclic) bond motifs is 1. The molecule has 0 saturated carbocycles. The van der Waals surface area contributed by atoms with E-state index in [9.17, 15) is 19.4 Å². The van der Waals surface area contributed by atoms with E-state index in [0.29, 0.717) is 28.8 Å². The molecule has 0 spiro atoms. The lowest BCUT2D eigenvalue weighted by molar-refractivity contribution is -0.175. The highest BCUT2D eigenvalue weighted by molar-refractivity contribution is 5.88. The fraction of sp³-hybridized carbons (Fsp3) is 0.346. The molecule has 3 aromatic rings. The molecule has 1 fully saturated rings. The average Bonchev–Trinajstić information content (AvgIpc) is 2.73. The lowest BCUT2D eigenvalue weighted by Crippen LogP contribution is -2.34. The van der Waals surface area contributed by atoms with Crippen LogP contribution in [-0.2, 0) is 4.74 Å². The van der Waals surface area contributed by atoms with Gasteiger partial charge in [0, 0.05) is 23.9 Å². The topological polar surface area (TPSA) is 71.7 Å². The second kappa shape index (κ2) is 8.98. The van der Waals surface area contributed by atoms with E-state index >= 15 is 0 Å². The number of aromatic nitrogens is 1. The Labute approximate surface area is 186 Å². The van der Waals surface area contributed by atoms with Crippen molar-refractivity contribution in [3.05, 3.63) is 81.5 Å². The zero-order valence-electron chi connectivity index (χ0n) is 18.5. The third-order valence-corrected chi connectivity index (χ3v) is 5.92. The first-order valence-corrected chi connectivity index (χ1v) is 10.9. The number of hydrogen-bond donors (Lipinski definition) is 2. The van der Waals surface area contributed by atoms with E-state index in [2.05, 4.69) is 13.8 Å². The SMILES string of the molecule is Cc1cc(-n2c(C=C[C@@H]3C[C@@H](O)CC(O)O3)c(C(C)C)c3ccccc3c2=O)ccc1F. The van der Waals surface area contributed by atoms with Crippen molar-refractivity contribution in [1.82, 2.24) is 4.57 Å². The predicted octanol–water partition coefficient (Wildman–Crippen LogP) is 4.43. The van der Waals surface area contributed by atoms with Crippen LogP contribution in [0.2, 0.25) is 0 Å². The highest BCUT2D eigenvalue weighted by Crippen LogP contribution is 2.31. The van der Waals surface area contributed by atoms with E-state index < -0.39 is 18.5 Å². The van der Waals surface area contributed by atoms with Crippen LogP contribution in [0.5, 0.6) is 0 Å². The molecule has 2 N–H and O–H groups in total. The second-order valence-electron chi connectivity index (χ2n) is 8.69. The third-order valence-electron chi connectivity index (χ3n) is 5.92. The maximum absolute atomic E-state index is 14.0. The van der Waals surface area contributed by atoms with Crippen LogP contribution >= 0.6 is 0 Å². The Morgan fingerprint density at radius 1 is 1.12 bits per heavy atom. The van der Waals surface area contributed by atoms with Gasteiger partial charge in [-0.25, -0.2) is 4.39 Å². The van der Waals surface area contributed by atoms with Crippen molar-refractivity contribution in [2.75, 3.05) is 0 Å². The van der Waals surface area contributed by atoms with Crippen LogP contribution in [0.1, 0.15) is 49.4 Å². The van der Waals surface area contributed by atoms with Crippen molar-refractivity contribution >= 4 is 16.8 Å². The van der Waals surface area contributed by atoms with Crippen molar-refractivity contribution in [2.24, 2.45) is 0 Å². The molecule has 32 heavy (non-hydrogen) atoms. The number of benzene rings is 2. The Bertz CT molecular complexity index is 1220. The maximum atomic E-state index is 14.0. The molecular weight excluding hydrogens is 409 g/mol. The molecule has 0 aliphatic carbocycles. The molecule has 1 aliphatic heterocycles. The number of hydrogen-bond acceptors (Lipinski definition) is 4. The van der Waals surface area contributed by atoms with Gasteiger partial charge in [-0.05, 0) is 59.7 Å². The van der Waals surface area contributed by atoms with Crippen molar-refractivity contribution in [2.45, 2.75) is 58.0 Å². The first kappa shape index (κ1) is 22.4. The zero-order valence-corrected chi connectivity index (χ0v) is 18.5. The molecule has 2 heterocycles. The van der Waals surface area contributed by atoms with Gasteiger partial charge < -0.3 is 14.9 Å². The summed E-state index contributed by atoms with van der Waals surface area (Å²) >= 11 is 0. The molecule has 1 saturated heterocycles. The number of aryl methyl sites for hydroxylation is 1. The van der Waals surface area contributed by atoms with Crippen LogP contribution < -0.4 is 5.56 Å². The van der Waals surface area contributed by atoms with Gasteiger partial charge in [0.05, 0.1) is 17.9 Å². The number of aliphatic hydroxyl groups is 2. The van der Waals surface area contributed by atoms with E-state index in [1.54, 1.807) is 35.8 Å². The largest absolute Gasteiger partial charge is 0.393 e. The highest BCUT2D eigenvalue weighted by atomic mass is 19.1. The first-order chi connectivity index (χ1) is 15.3. The summed E-state index contributed by atoms with van der Waals surface area (Å²) < 4.78 is 21.1.